The van der Waals surface area contributed by atoms with Crippen molar-refractivity contribution in [3.8, 4) is 11.5 Å². The van der Waals surface area contributed by atoms with E-state index in [0.29, 0.717) is 11.5 Å². The summed E-state index contributed by atoms with van der Waals surface area (Å²) in [6.45, 7) is 4.92. The second-order valence-electron chi connectivity index (χ2n) is 5.40. The molecule has 116 valence electrons. The van der Waals surface area contributed by atoms with E-state index in [2.05, 4.69) is 5.32 Å². The number of hydrogen-bond acceptors (Lipinski definition) is 5. The number of methoxy groups -OCH3 is 1. The number of carbonyl (C=O) groups is 2. The SMILES string of the molecule is COc1ccccc1OCC(=O)OCC(=O)NC(C)(C)C. The van der Waals surface area contributed by atoms with Crippen LogP contribution in [0.3, 0.4) is 0 Å². The third-order valence-electron chi connectivity index (χ3n) is 2.29. The smallest absolute Gasteiger partial charge is 0.344 e. The predicted molar refractivity (Wildman–Crippen MR) is 77.3 cm³/mol. The molecule has 6 nitrogen and oxygen atoms in total. The third kappa shape index (κ3) is 6.65. The predicted octanol–water partition coefficient (Wildman–Crippen LogP) is 1.53. The molecule has 0 spiro atoms. The molecule has 0 unspecified atom stereocenters. The highest BCUT2D eigenvalue weighted by Crippen LogP contribution is 2.25. The van der Waals surface area contributed by atoms with Crippen LogP contribution in [-0.2, 0) is 14.3 Å². The van der Waals surface area contributed by atoms with Crippen molar-refractivity contribution in [2.75, 3.05) is 20.3 Å². The lowest BCUT2D eigenvalue weighted by molar-refractivity contribution is -0.150. The van der Waals surface area contributed by atoms with Gasteiger partial charge in [-0.3, -0.25) is 4.79 Å². The van der Waals surface area contributed by atoms with Crippen molar-refractivity contribution in [2.24, 2.45) is 0 Å². The summed E-state index contributed by atoms with van der Waals surface area (Å²) < 4.78 is 15.2. The lowest BCUT2D eigenvalue weighted by Crippen LogP contribution is -2.43. The number of nitrogens with one attached hydrogen (secondary N) is 1. The Bertz CT molecular complexity index is 493. The molecule has 1 N–H and O–H groups in total. The van der Waals surface area contributed by atoms with Gasteiger partial charge in [-0.1, -0.05) is 12.1 Å². The first-order valence-electron chi connectivity index (χ1n) is 6.54. The maximum absolute atomic E-state index is 11.5. The molecular weight excluding hydrogens is 274 g/mol. The molecular formula is C15H21NO5. The summed E-state index contributed by atoms with van der Waals surface area (Å²) in [5, 5.41) is 2.69. The fraction of sp³-hybridized carbons (Fsp3) is 0.467. The lowest BCUT2D eigenvalue weighted by atomic mass is 10.1. The van der Waals surface area contributed by atoms with Crippen molar-refractivity contribution in [1.82, 2.24) is 5.32 Å². The van der Waals surface area contributed by atoms with Gasteiger partial charge in [0, 0.05) is 5.54 Å². The van der Waals surface area contributed by atoms with Crippen LogP contribution < -0.4 is 14.8 Å². The zero-order valence-electron chi connectivity index (χ0n) is 12.8. The summed E-state index contributed by atoms with van der Waals surface area (Å²) >= 11 is 0. The number of rotatable bonds is 6. The summed E-state index contributed by atoms with van der Waals surface area (Å²) in [5.41, 5.74) is -0.364. The minimum atomic E-state index is -0.620. The van der Waals surface area contributed by atoms with Crippen LogP contribution in [-0.4, -0.2) is 37.7 Å². The Hall–Kier alpha value is -2.24. The summed E-state index contributed by atoms with van der Waals surface area (Å²) in [6.07, 6.45) is 0. The van der Waals surface area contributed by atoms with Gasteiger partial charge < -0.3 is 19.5 Å². The highest BCUT2D eigenvalue weighted by molar-refractivity contribution is 5.81. The van der Waals surface area contributed by atoms with Gasteiger partial charge in [-0.2, -0.15) is 0 Å². The van der Waals surface area contributed by atoms with E-state index in [-0.39, 0.29) is 24.7 Å². The first-order valence-corrected chi connectivity index (χ1v) is 6.54. The number of hydrogen-bond donors (Lipinski definition) is 1. The number of esters is 1. The Balaban J connectivity index is 2.36. The molecule has 0 fully saturated rings. The first-order chi connectivity index (χ1) is 9.81. The van der Waals surface area contributed by atoms with Crippen molar-refractivity contribution in [3.05, 3.63) is 24.3 Å². The fourth-order valence-corrected chi connectivity index (χ4v) is 1.52. The van der Waals surface area contributed by atoms with Crippen molar-refractivity contribution in [3.63, 3.8) is 0 Å². The quantitative estimate of drug-likeness (QED) is 0.806. The molecule has 1 aromatic rings. The molecule has 0 radical (unpaired) electrons. The molecule has 0 atom stereocenters. The molecule has 0 heterocycles. The molecule has 1 aromatic carbocycles. The molecule has 0 aromatic heterocycles. The van der Waals surface area contributed by atoms with Crippen LogP contribution in [0.25, 0.3) is 0 Å². The molecule has 0 aliphatic carbocycles. The molecule has 0 aliphatic rings. The van der Waals surface area contributed by atoms with Crippen LogP contribution in [0.4, 0.5) is 0 Å². The number of benzene rings is 1. The van der Waals surface area contributed by atoms with Gasteiger partial charge in [-0.15, -0.1) is 0 Å². The van der Waals surface area contributed by atoms with Gasteiger partial charge >= 0.3 is 5.97 Å². The Kier molecular flexibility index (Phi) is 6.02. The molecule has 1 rings (SSSR count). The van der Waals surface area contributed by atoms with Gasteiger partial charge in [-0.25, -0.2) is 4.79 Å². The first kappa shape index (κ1) is 16.8. The average molecular weight is 295 g/mol. The van der Waals surface area contributed by atoms with E-state index in [0.717, 1.165) is 0 Å². The molecule has 0 aliphatic heterocycles. The van der Waals surface area contributed by atoms with Crippen molar-refractivity contribution in [2.45, 2.75) is 26.3 Å². The van der Waals surface area contributed by atoms with E-state index in [9.17, 15) is 9.59 Å². The van der Waals surface area contributed by atoms with Gasteiger partial charge in [0.1, 0.15) is 0 Å². The Labute approximate surface area is 124 Å². The van der Waals surface area contributed by atoms with Gasteiger partial charge in [0.15, 0.2) is 24.7 Å². The zero-order valence-corrected chi connectivity index (χ0v) is 12.8. The van der Waals surface area contributed by atoms with E-state index < -0.39 is 5.97 Å². The molecule has 0 saturated carbocycles. The van der Waals surface area contributed by atoms with Crippen molar-refractivity contribution < 1.29 is 23.8 Å². The van der Waals surface area contributed by atoms with Crippen LogP contribution in [0.1, 0.15) is 20.8 Å². The Morgan fingerprint density at radius 2 is 1.71 bits per heavy atom. The van der Waals surface area contributed by atoms with E-state index >= 15 is 0 Å². The largest absolute Gasteiger partial charge is 0.493 e. The van der Waals surface area contributed by atoms with Crippen LogP contribution in [0, 0.1) is 0 Å². The Morgan fingerprint density at radius 1 is 1.10 bits per heavy atom. The van der Waals surface area contributed by atoms with Crippen molar-refractivity contribution >= 4 is 11.9 Å². The molecule has 0 bridgehead atoms. The average Bonchev–Trinajstić information content (AvgIpc) is 2.41. The van der Waals surface area contributed by atoms with Crippen LogP contribution in [0.5, 0.6) is 11.5 Å². The molecule has 6 heteroatoms. The highest BCUT2D eigenvalue weighted by atomic mass is 16.6. The minimum Gasteiger partial charge on any atom is -0.493 e. The van der Waals surface area contributed by atoms with E-state index in [4.69, 9.17) is 14.2 Å². The second kappa shape index (κ2) is 7.52. The van der Waals surface area contributed by atoms with Gasteiger partial charge in [0.2, 0.25) is 0 Å². The number of ether oxygens (including phenoxy) is 3. The van der Waals surface area contributed by atoms with Gasteiger partial charge in [0.05, 0.1) is 7.11 Å². The maximum Gasteiger partial charge on any atom is 0.344 e. The third-order valence-corrected chi connectivity index (χ3v) is 2.29. The molecule has 1 amide bonds. The normalized spacial score (nSPS) is 10.7. The lowest BCUT2D eigenvalue weighted by Gasteiger charge is -2.20. The highest BCUT2D eigenvalue weighted by Gasteiger charge is 2.15. The van der Waals surface area contributed by atoms with Crippen LogP contribution in [0.2, 0.25) is 0 Å². The minimum absolute atomic E-state index is 0.289. The van der Waals surface area contributed by atoms with Crippen LogP contribution in [0.15, 0.2) is 24.3 Å². The summed E-state index contributed by atoms with van der Waals surface area (Å²) in [5.74, 6) is -0.00928. The Morgan fingerprint density at radius 3 is 2.29 bits per heavy atom. The fourth-order valence-electron chi connectivity index (χ4n) is 1.52. The van der Waals surface area contributed by atoms with Crippen LogP contribution >= 0.6 is 0 Å². The van der Waals surface area contributed by atoms with E-state index in [1.54, 1.807) is 24.3 Å². The number of amides is 1. The standard InChI is InChI=1S/C15H21NO5/c1-15(2,3)16-13(17)9-21-14(18)10-20-12-8-6-5-7-11(12)19-4/h5-8H,9-10H2,1-4H3,(H,16,17). The molecule has 0 saturated heterocycles. The number of carbonyl (C=O) groups excluding carboxylic acids is 2. The maximum atomic E-state index is 11.5. The topological polar surface area (TPSA) is 73.9 Å². The van der Waals surface area contributed by atoms with Gasteiger partial charge in [0.25, 0.3) is 5.91 Å². The second-order valence-corrected chi connectivity index (χ2v) is 5.40. The van der Waals surface area contributed by atoms with E-state index in [1.807, 2.05) is 20.8 Å². The summed E-state index contributed by atoms with van der Waals surface area (Å²) in [7, 11) is 1.51. The molecule has 21 heavy (non-hydrogen) atoms. The monoisotopic (exact) mass is 295 g/mol. The van der Waals surface area contributed by atoms with Crippen molar-refractivity contribution in [1.29, 1.82) is 0 Å². The number of para-hydroxylation sites is 2. The summed E-state index contributed by atoms with van der Waals surface area (Å²) in [6, 6.07) is 6.96. The summed E-state index contributed by atoms with van der Waals surface area (Å²) in [4.78, 5) is 23.0. The van der Waals surface area contributed by atoms with Gasteiger partial charge in [-0.05, 0) is 32.9 Å². The zero-order chi connectivity index (χ0) is 15.9. The van der Waals surface area contributed by atoms with E-state index in [1.165, 1.54) is 7.11 Å².